The van der Waals surface area contributed by atoms with Gasteiger partial charge < -0.3 is 15.0 Å². The molecule has 2 aliphatic carbocycles. The highest BCUT2D eigenvalue weighted by molar-refractivity contribution is 5.78. The lowest BCUT2D eigenvalue weighted by Gasteiger charge is -2.42. The molecule has 4 rings (SSSR count). The van der Waals surface area contributed by atoms with E-state index in [1.165, 1.54) is 25.0 Å². The van der Waals surface area contributed by atoms with E-state index in [-0.39, 0.29) is 18.4 Å². The number of nitrogens with one attached hydrogen (secondary N) is 1. The average Bonchev–Trinajstić information content (AvgIpc) is 3.27. The Kier molecular flexibility index (Phi) is 4.11. The van der Waals surface area contributed by atoms with Crippen molar-refractivity contribution in [2.75, 3.05) is 18.4 Å². The van der Waals surface area contributed by atoms with E-state index in [4.69, 9.17) is 5.11 Å². The van der Waals surface area contributed by atoms with Crippen LogP contribution < -0.4 is 5.32 Å². The van der Waals surface area contributed by atoms with Crippen LogP contribution in [-0.4, -0.2) is 50.7 Å². The van der Waals surface area contributed by atoms with Crippen LogP contribution in [0.5, 0.6) is 0 Å². The Morgan fingerprint density at radius 1 is 1.44 bits per heavy atom. The number of rotatable bonds is 7. The molecule has 6 nitrogen and oxygen atoms in total. The molecule has 0 saturated heterocycles. The van der Waals surface area contributed by atoms with Crippen LogP contribution in [0.1, 0.15) is 25.7 Å². The third-order valence-corrected chi connectivity index (χ3v) is 5.33. The maximum Gasteiger partial charge on any atom is 0.317 e. The molecule has 0 spiro atoms. The predicted molar refractivity (Wildman–Crippen MR) is 93.0 cm³/mol. The van der Waals surface area contributed by atoms with E-state index in [1.807, 2.05) is 11.6 Å². The molecule has 2 saturated carbocycles. The van der Waals surface area contributed by atoms with Crippen molar-refractivity contribution in [3.05, 3.63) is 24.0 Å². The molecule has 25 heavy (non-hydrogen) atoms. The van der Waals surface area contributed by atoms with Gasteiger partial charge in [-0.1, -0.05) is 0 Å². The molecule has 1 heterocycles. The molecule has 0 unspecified atom stereocenters. The maximum atomic E-state index is 13.4. The van der Waals surface area contributed by atoms with Gasteiger partial charge in [-0.05, 0) is 49.8 Å². The molecule has 7 heteroatoms. The minimum atomic E-state index is -0.755. The zero-order valence-corrected chi connectivity index (χ0v) is 14.3. The maximum absolute atomic E-state index is 13.4. The summed E-state index contributed by atoms with van der Waals surface area (Å²) in [5.74, 6) is 0.390. The van der Waals surface area contributed by atoms with E-state index in [9.17, 15) is 9.18 Å². The number of halogens is 1. The smallest absolute Gasteiger partial charge is 0.317 e. The molecule has 1 aromatic heterocycles. The summed E-state index contributed by atoms with van der Waals surface area (Å²) in [6, 6.07) is 5.19. The van der Waals surface area contributed by atoms with Crippen molar-refractivity contribution in [1.82, 2.24) is 14.5 Å². The van der Waals surface area contributed by atoms with Crippen molar-refractivity contribution in [1.29, 1.82) is 0 Å². The molecule has 1 aromatic carbocycles. The zero-order chi connectivity index (χ0) is 17.6. The number of nitrogens with zero attached hydrogens (tertiary/aromatic N) is 3. The molecule has 0 bridgehead atoms. The largest absolute Gasteiger partial charge is 0.480 e. The summed E-state index contributed by atoms with van der Waals surface area (Å²) in [6.07, 6.45) is 4.27. The van der Waals surface area contributed by atoms with Crippen LogP contribution in [0, 0.1) is 11.7 Å². The first-order valence-electron chi connectivity index (χ1n) is 8.84. The number of hydrogen-bond acceptors (Lipinski definition) is 4. The minimum Gasteiger partial charge on any atom is -0.480 e. The number of hydrogen-bond donors (Lipinski definition) is 2. The molecule has 0 atom stereocenters. The monoisotopic (exact) mass is 346 g/mol. The van der Waals surface area contributed by atoms with Crippen molar-refractivity contribution in [3.8, 4) is 0 Å². The second kappa shape index (κ2) is 6.29. The first-order chi connectivity index (χ1) is 12.0. The normalized spacial score (nSPS) is 23.0. The highest BCUT2D eigenvalue weighted by Gasteiger charge is 2.37. The lowest BCUT2D eigenvalue weighted by Crippen LogP contribution is -2.52. The van der Waals surface area contributed by atoms with Gasteiger partial charge in [0.1, 0.15) is 5.82 Å². The Morgan fingerprint density at radius 3 is 2.88 bits per heavy atom. The number of carboxylic acids is 1. The molecule has 2 fully saturated rings. The van der Waals surface area contributed by atoms with Gasteiger partial charge in [0.2, 0.25) is 5.95 Å². The van der Waals surface area contributed by atoms with Gasteiger partial charge in [0.05, 0.1) is 17.6 Å². The number of benzene rings is 1. The van der Waals surface area contributed by atoms with Crippen LogP contribution in [0.3, 0.4) is 0 Å². The van der Waals surface area contributed by atoms with Crippen LogP contribution in [-0.2, 0) is 11.8 Å². The first-order valence-corrected chi connectivity index (χ1v) is 8.84. The van der Waals surface area contributed by atoms with Gasteiger partial charge in [0.15, 0.2) is 0 Å². The van der Waals surface area contributed by atoms with E-state index in [0.717, 1.165) is 36.4 Å². The lowest BCUT2D eigenvalue weighted by atomic mass is 9.85. The highest BCUT2D eigenvalue weighted by Crippen LogP contribution is 2.34. The summed E-state index contributed by atoms with van der Waals surface area (Å²) in [6.45, 7) is 1.02. The summed E-state index contributed by atoms with van der Waals surface area (Å²) < 4.78 is 15.3. The standard InChI is InChI=1S/C18H23FN4O2/c1-22-16-6-12(19)4-5-15(16)21-18(22)20-13-7-14(8-13)23(10-17(24)25)9-11-2-3-11/h4-6,11,13-14H,2-3,7-10H2,1H3,(H,20,21)(H,24,25). The van der Waals surface area contributed by atoms with Crippen molar-refractivity contribution in [3.63, 3.8) is 0 Å². The van der Waals surface area contributed by atoms with Gasteiger partial charge in [0.25, 0.3) is 0 Å². The fraction of sp³-hybridized carbons (Fsp3) is 0.556. The summed E-state index contributed by atoms with van der Waals surface area (Å²) in [7, 11) is 1.87. The van der Waals surface area contributed by atoms with Crippen LogP contribution in [0.15, 0.2) is 18.2 Å². The van der Waals surface area contributed by atoms with E-state index >= 15 is 0 Å². The van der Waals surface area contributed by atoms with Crippen molar-refractivity contribution < 1.29 is 14.3 Å². The SMILES string of the molecule is Cn1c(NC2CC(N(CC(=O)O)CC3CC3)C2)nc2ccc(F)cc21. The van der Waals surface area contributed by atoms with E-state index in [0.29, 0.717) is 12.0 Å². The number of anilines is 1. The zero-order valence-electron chi connectivity index (χ0n) is 14.3. The highest BCUT2D eigenvalue weighted by atomic mass is 19.1. The molecule has 134 valence electrons. The third kappa shape index (κ3) is 3.46. The van der Waals surface area contributed by atoms with Crippen molar-refractivity contribution >= 4 is 23.0 Å². The summed E-state index contributed by atoms with van der Waals surface area (Å²) in [4.78, 5) is 17.7. The molecular weight excluding hydrogens is 323 g/mol. The minimum absolute atomic E-state index is 0.124. The van der Waals surface area contributed by atoms with E-state index < -0.39 is 5.97 Å². The molecular formula is C18H23FN4O2. The second-order valence-corrected chi connectivity index (χ2v) is 7.36. The summed E-state index contributed by atoms with van der Waals surface area (Å²) in [5, 5.41) is 12.5. The number of aliphatic carboxylic acids is 1. The first kappa shape index (κ1) is 16.3. The Morgan fingerprint density at radius 2 is 2.20 bits per heavy atom. The topological polar surface area (TPSA) is 70.4 Å². The molecule has 2 aliphatic rings. The number of aromatic nitrogens is 2. The average molecular weight is 346 g/mol. The Balaban J connectivity index is 1.39. The molecule has 0 radical (unpaired) electrons. The third-order valence-electron chi connectivity index (χ3n) is 5.33. The van der Waals surface area contributed by atoms with Gasteiger partial charge in [-0.25, -0.2) is 9.37 Å². The number of aryl methyl sites for hydroxylation is 1. The quantitative estimate of drug-likeness (QED) is 0.806. The fourth-order valence-corrected chi connectivity index (χ4v) is 3.63. The van der Waals surface area contributed by atoms with E-state index in [1.54, 1.807) is 6.07 Å². The van der Waals surface area contributed by atoms with Crippen molar-refractivity contribution in [2.24, 2.45) is 13.0 Å². The van der Waals surface area contributed by atoms with Crippen LogP contribution in [0.4, 0.5) is 10.3 Å². The molecule has 0 amide bonds. The lowest BCUT2D eigenvalue weighted by molar-refractivity contribution is -0.139. The number of carboxylic acid groups (broad SMARTS) is 1. The number of fused-ring (bicyclic) bond motifs is 1. The van der Waals surface area contributed by atoms with Gasteiger partial charge >= 0.3 is 5.97 Å². The van der Waals surface area contributed by atoms with Crippen molar-refractivity contribution in [2.45, 2.75) is 37.8 Å². The van der Waals surface area contributed by atoms with Crippen LogP contribution in [0.2, 0.25) is 0 Å². The number of imidazole rings is 1. The molecule has 2 aromatic rings. The fourth-order valence-electron chi connectivity index (χ4n) is 3.63. The summed E-state index contributed by atoms with van der Waals surface area (Å²) >= 11 is 0. The van der Waals surface area contributed by atoms with Gasteiger partial charge in [-0.15, -0.1) is 0 Å². The number of carbonyl (C=O) groups is 1. The molecule has 0 aliphatic heterocycles. The van der Waals surface area contributed by atoms with Crippen LogP contribution in [0.25, 0.3) is 11.0 Å². The Hall–Kier alpha value is -2.15. The Labute approximate surface area is 145 Å². The summed E-state index contributed by atoms with van der Waals surface area (Å²) in [5.41, 5.74) is 1.53. The molecule has 2 N–H and O–H groups in total. The second-order valence-electron chi connectivity index (χ2n) is 7.36. The Bertz CT molecular complexity index is 796. The predicted octanol–water partition coefficient (Wildman–Crippen LogP) is 2.45. The van der Waals surface area contributed by atoms with Crippen LogP contribution >= 0.6 is 0 Å². The van der Waals surface area contributed by atoms with Gasteiger partial charge in [0, 0.05) is 25.7 Å². The van der Waals surface area contributed by atoms with Gasteiger partial charge in [-0.3, -0.25) is 9.69 Å². The van der Waals surface area contributed by atoms with Gasteiger partial charge in [-0.2, -0.15) is 0 Å². The van der Waals surface area contributed by atoms with E-state index in [2.05, 4.69) is 15.2 Å².